The van der Waals surface area contributed by atoms with Crippen LogP contribution in [0.4, 0.5) is 0 Å². The molecule has 0 amide bonds. The number of fused-ring (bicyclic) bond motifs is 1. The molecule has 2 rings (SSSR count). The largest absolute Gasteiger partial charge is 0.342 e. The van der Waals surface area contributed by atoms with Gasteiger partial charge in [0, 0.05) is 12.8 Å². The first-order valence-electron chi connectivity index (χ1n) is 17.6. The zero-order chi connectivity index (χ0) is 30.4. The van der Waals surface area contributed by atoms with E-state index in [0.29, 0.717) is 36.5 Å². The van der Waals surface area contributed by atoms with Crippen LogP contribution < -0.4 is 0 Å². The van der Waals surface area contributed by atoms with Crippen LogP contribution in [-0.4, -0.2) is 22.5 Å². The first-order valence-corrected chi connectivity index (χ1v) is 17.6. The summed E-state index contributed by atoms with van der Waals surface area (Å²) in [6.07, 6.45) is 34.9. The summed E-state index contributed by atoms with van der Waals surface area (Å²) in [5.41, 5.74) is 0. The second-order valence-corrected chi connectivity index (χ2v) is 13.1. The van der Waals surface area contributed by atoms with E-state index in [1.54, 1.807) is 0 Å². The Morgan fingerprint density at radius 3 is 1.29 bits per heavy atom. The summed E-state index contributed by atoms with van der Waals surface area (Å²) < 4.78 is 0. The molecule has 0 aromatic heterocycles. The van der Waals surface area contributed by atoms with Gasteiger partial charge in [-0.05, 0) is 74.0 Å². The van der Waals surface area contributed by atoms with Crippen molar-refractivity contribution in [3.63, 3.8) is 0 Å². The predicted molar refractivity (Wildman–Crippen MR) is 170 cm³/mol. The SMILES string of the molecule is CCCCCC1C=CC2C(C=CC(CCCCCCCC(=O)OO)C2CCCCCCCC(=O)OO)C1CCCCC. The average Bonchev–Trinajstić information content (AvgIpc) is 3.00. The van der Waals surface area contributed by atoms with Gasteiger partial charge in [-0.15, -0.1) is 0 Å². The third kappa shape index (κ3) is 13.8. The average molecular weight is 591 g/mol. The van der Waals surface area contributed by atoms with Gasteiger partial charge >= 0.3 is 11.9 Å². The Morgan fingerprint density at radius 2 is 0.857 bits per heavy atom. The summed E-state index contributed by atoms with van der Waals surface area (Å²) in [5, 5.41) is 16.9. The van der Waals surface area contributed by atoms with E-state index in [1.165, 1.54) is 89.9 Å². The van der Waals surface area contributed by atoms with Gasteiger partial charge in [-0.2, -0.15) is 10.5 Å². The van der Waals surface area contributed by atoms with Crippen molar-refractivity contribution >= 4 is 11.9 Å². The van der Waals surface area contributed by atoms with E-state index in [0.717, 1.165) is 50.4 Å². The molecule has 0 spiro atoms. The molecule has 0 fully saturated rings. The second-order valence-electron chi connectivity index (χ2n) is 13.1. The minimum atomic E-state index is -0.534. The number of allylic oxidation sites excluding steroid dienone is 4. The van der Waals surface area contributed by atoms with Crippen molar-refractivity contribution in [2.75, 3.05) is 0 Å². The molecule has 0 aromatic carbocycles. The van der Waals surface area contributed by atoms with Crippen molar-refractivity contribution in [1.29, 1.82) is 0 Å². The highest BCUT2D eigenvalue weighted by atomic mass is 17.1. The zero-order valence-electron chi connectivity index (χ0n) is 26.9. The molecule has 0 bridgehead atoms. The molecule has 0 saturated carbocycles. The molecular weight excluding hydrogens is 528 g/mol. The van der Waals surface area contributed by atoms with Gasteiger partial charge in [0.05, 0.1) is 0 Å². The molecule has 2 aliphatic carbocycles. The first kappa shape index (κ1) is 36.5. The third-order valence-corrected chi connectivity index (χ3v) is 10.0. The number of hydrogen-bond donors (Lipinski definition) is 2. The Balaban J connectivity index is 1.99. The van der Waals surface area contributed by atoms with Crippen molar-refractivity contribution in [2.45, 2.75) is 155 Å². The molecule has 0 saturated heterocycles. The fraction of sp³-hybridized carbons (Fsp3) is 0.833. The molecule has 6 atom stereocenters. The molecule has 0 aromatic rings. The number of hydrogen-bond acceptors (Lipinski definition) is 6. The molecule has 242 valence electrons. The van der Waals surface area contributed by atoms with Crippen LogP contribution in [0.2, 0.25) is 0 Å². The quantitative estimate of drug-likeness (QED) is 0.0503. The molecular formula is C36H62O6. The number of unbranched alkanes of at least 4 members (excludes halogenated alkanes) is 12. The van der Waals surface area contributed by atoms with E-state index < -0.39 is 11.9 Å². The molecule has 0 aliphatic heterocycles. The number of rotatable bonds is 24. The van der Waals surface area contributed by atoms with E-state index in [4.69, 9.17) is 10.5 Å². The van der Waals surface area contributed by atoms with Gasteiger partial charge in [0.2, 0.25) is 0 Å². The summed E-state index contributed by atoms with van der Waals surface area (Å²) in [5.74, 6) is 3.10. The van der Waals surface area contributed by atoms with Crippen LogP contribution in [0.1, 0.15) is 155 Å². The van der Waals surface area contributed by atoms with E-state index in [9.17, 15) is 9.59 Å². The molecule has 42 heavy (non-hydrogen) atoms. The zero-order valence-corrected chi connectivity index (χ0v) is 26.9. The third-order valence-electron chi connectivity index (χ3n) is 10.0. The molecule has 6 heteroatoms. The van der Waals surface area contributed by atoms with Crippen LogP contribution in [0.3, 0.4) is 0 Å². The highest BCUT2D eigenvalue weighted by Gasteiger charge is 2.41. The van der Waals surface area contributed by atoms with Crippen LogP contribution in [0.5, 0.6) is 0 Å². The molecule has 6 nitrogen and oxygen atoms in total. The van der Waals surface area contributed by atoms with E-state index in [1.807, 2.05) is 0 Å². The fourth-order valence-electron chi connectivity index (χ4n) is 7.66. The van der Waals surface area contributed by atoms with E-state index in [-0.39, 0.29) is 0 Å². The van der Waals surface area contributed by atoms with Gasteiger partial charge < -0.3 is 9.78 Å². The minimum Gasteiger partial charge on any atom is -0.301 e. The Bertz CT molecular complexity index is 777. The van der Waals surface area contributed by atoms with Gasteiger partial charge in [0.1, 0.15) is 0 Å². The standard InChI is InChI=1S/C36H62O6/c1-3-5-13-19-29-25-27-34-32(22-16-10-8-12-18-24-36(38)42-40)30(20-15-9-7-11-17-23-35(37)41-39)26-28-33(34)31(29)21-14-6-4-2/h25-34,39-40H,3-24H2,1-2H3. The van der Waals surface area contributed by atoms with Crippen molar-refractivity contribution < 1.29 is 29.9 Å². The van der Waals surface area contributed by atoms with Crippen LogP contribution in [0.15, 0.2) is 24.3 Å². The maximum absolute atomic E-state index is 11.2. The molecule has 6 unspecified atom stereocenters. The topological polar surface area (TPSA) is 93.1 Å². The summed E-state index contributed by atoms with van der Waals surface area (Å²) in [6, 6.07) is 0. The van der Waals surface area contributed by atoms with E-state index in [2.05, 4.69) is 47.9 Å². The van der Waals surface area contributed by atoms with Crippen molar-refractivity contribution in [3.8, 4) is 0 Å². The number of carbonyl (C=O) groups excluding carboxylic acids is 2. The lowest BCUT2D eigenvalue weighted by Crippen LogP contribution is -2.39. The predicted octanol–water partition coefficient (Wildman–Crippen LogP) is 10.5. The summed E-state index contributed by atoms with van der Waals surface area (Å²) in [6.45, 7) is 4.61. The normalized spacial score (nSPS) is 24.9. The fourth-order valence-corrected chi connectivity index (χ4v) is 7.66. The van der Waals surface area contributed by atoms with E-state index >= 15 is 0 Å². The lowest BCUT2D eigenvalue weighted by molar-refractivity contribution is -0.234. The second kappa shape index (κ2) is 22.8. The highest BCUT2D eigenvalue weighted by molar-refractivity contribution is 5.68. The number of carbonyl (C=O) groups is 2. The van der Waals surface area contributed by atoms with Crippen LogP contribution in [0.25, 0.3) is 0 Å². The Morgan fingerprint density at radius 1 is 0.500 bits per heavy atom. The van der Waals surface area contributed by atoms with Gasteiger partial charge in [-0.25, -0.2) is 9.59 Å². The molecule has 0 radical (unpaired) electrons. The summed E-state index contributed by atoms with van der Waals surface area (Å²) in [7, 11) is 0. The monoisotopic (exact) mass is 590 g/mol. The van der Waals surface area contributed by atoms with Gasteiger partial charge in [-0.3, -0.25) is 0 Å². The van der Waals surface area contributed by atoms with Crippen LogP contribution >= 0.6 is 0 Å². The lowest BCUT2D eigenvalue weighted by Gasteiger charge is -2.46. The maximum atomic E-state index is 11.2. The van der Waals surface area contributed by atoms with Gasteiger partial charge in [0.15, 0.2) is 0 Å². The van der Waals surface area contributed by atoms with Crippen molar-refractivity contribution in [3.05, 3.63) is 24.3 Å². The molecule has 2 N–H and O–H groups in total. The highest BCUT2D eigenvalue weighted by Crippen LogP contribution is 2.50. The van der Waals surface area contributed by atoms with Crippen LogP contribution in [0, 0.1) is 35.5 Å². The minimum absolute atomic E-state index is 0.295. The Labute approximate surface area is 256 Å². The smallest absolute Gasteiger partial charge is 0.301 e. The molecule has 0 heterocycles. The van der Waals surface area contributed by atoms with Gasteiger partial charge in [0.25, 0.3) is 0 Å². The first-order chi connectivity index (χ1) is 20.5. The van der Waals surface area contributed by atoms with Crippen LogP contribution in [-0.2, 0) is 19.4 Å². The van der Waals surface area contributed by atoms with Crippen molar-refractivity contribution in [2.24, 2.45) is 35.5 Å². The Kier molecular flexibility index (Phi) is 19.8. The van der Waals surface area contributed by atoms with Gasteiger partial charge in [-0.1, -0.05) is 128 Å². The lowest BCUT2D eigenvalue weighted by atomic mass is 9.58. The Hall–Kier alpha value is -1.66. The summed E-state index contributed by atoms with van der Waals surface area (Å²) in [4.78, 5) is 29.9. The van der Waals surface area contributed by atoms with Crippen molar-refractivity contribution in [1.82, 2.24) is 0 Å². The maximum Gasteiger partial charge on any atom is 0.342 e. The molecule has 2 aliphatic rings. The summed E-state index contributed by atoms with van der Waals surface area (Å²) >= 11 is 0.